The van der Waals surface area contributed by atoms with Crippen LogP contribution in [0.2, 0.25) is 0 Å². The van der Waals surface area contributed by atoms with Crippen molar-refractivity contribution in [3.05, 3.63) is 0 Å². The highest BCUT2D eigenvalue weighted by Gasteiger charge is 2.22. The Morgan fingerprint density at radius 1 is 1.33 bits per heavy atom. The minimum atomic E-state index is -0.223. The predicted molar refractivity (Wildman–Crippen MR) is 88.8 cm³/mol. The van der Waals surface area contributed by atoms with Crippen molar-refractivity contribution >= 4 is 5.84 Å². The first-order valence-electron chi connectivity index (χ1n) is 8.40. The first kappa shape index (κ1) is 18.2. The summed E-state index contributed by atoms with van der Waals surface area (Å²) in [6.45, 7) is 10.9. The van der Waals surface area contributed by atoms with Crippen LogP contribution in [-0.2, 0) is 0 Å². The number of oxime groups is 1. The Hall–Kier alpha value is -0.810. The van der Waals surface area contributed by atoms with Crippen LogP contribution in [0.5, 0.6) is 0 Å². The number of nitrogens with zero attached hydrogens (tertiary/aromatic N) is 2. The molecule has 5 nitrogen and oxygen atoms in total. The second kappa shape index (κ2) is 9.26. The van der Waals surface area contributed by atoms with Crippen LogP contribution in [0.15, 0.2) is 5.16 Å². The van der Waals surface area contributed by atoms with E-state index >= 15 is 0 Å². The molecule has 0 aromatic heterocycles. The van der Waals surface area contributed by atoms with Crippen molar-refractivity contribution in [1.29, 1.82) is 0 Å². The molecule has 0 aromatic carbocycles. The normalized spacial score (nSPS) is 21.7. The van der Waals surface area contributed by atoms with Crippen LogP contribution in [0, 0.1) is 5.41 Å². The molecule has 1 heterocycles. The van der Waals surface area contributed by atoms with E-state index in [1.54, 1.807) is 0 Å². The fourth-order valence-corrected chi connectivity index (χ4v) is 2.94. The van der Waals surface area contributed by atoms with Gasteiger partial charge in [0.2, 0.25) is 0 Å². The average Bonchev–Trinajstić information content (AvgIpc) is 2.47. The summed E-state index contributed by atoms with van der Waals surface area (Å²) >= 11 is 0. The van der Waals surface area contributed by atoms with E-state index in [9.17, 15) is 0 Å². The predicted octanol–water partition coefficient (Wildman–Crippen LogP) is 2.39. The summed E-state index contributed by atoms with van der Waals surface area (Å²) < 4.78 is 0. The van der Waals surface area contributed by atoms with Crippen LogP contribution in [0.1, 0.15) is 59.3 Å². The number of rotatable bonds is 9. The van der Waals surface area contributed by atoms with Gasteiger partial charge in [0.1, 0.15) is 5.84 Å². The van der Waals surface area contributed by atoms with Crippen LogP contribution in [0.25, 0.3) is 0 Å². The van der Waals surface area contributed by atoms with E-state index in [0.717, 1.165) is 32.0 Å². The van der Waals surface area contributed by atoms with Crippen molar-refractivity contribution in [1.82, 2.24) is 10.2 Å². The molecule has 0 saturated carbocycles. The largest absolute Gasteiger partial charge is 0.409 e. The molecule has 1 unspecified atom stereocenters. The Bertz CT molecular complexity index is 317. The summed E-state index contributed by atoms with van der Waals surface area (Å²) in [7, 11) is 0. The highest BCUT2D eigenvalue weighted by Crippen LogP contribution is 2.21. The van der Waals surface area contributed by atoms with Gasteiger partial charge in [-0.2, -0.15) is 0 Å². The Balaban J connectivity index is 2.02. The smallest absolute Gasteiger partial charge is 0.144 e. The number of piperidine rings is 1. The summed E-state index contributed by atoms with van der Waals surface area (Å²) in [6, 6.07) is 0.764. The van der Waals surface area contributed by atoms with Crippen molar-refractivity contribution < 1.29 is 5.21 Å². The van der Waals surface area contributed by atoms with E-state index in [-0.39, 0.29) is 5.41 Å². The quantitative estimate of drug-likeness (QED) is 0.201. The van der Waals surface area contributed by atoms with Crippen LogP contribution in [-0.4, -0.2) is 48.2 Å². The van der Waals surface area contributed by atoms with Crippen LogP contribution >= 0.6 is 0 Å². The lowest BCUT2D eigenvalue weighted by Gasteiger charge is -2.33. The third kappa shape index (κ3) is 6.66. The molecule has 0 aromatic rings. The van der Waals surface area contributed by atoms with Crippen molar-refractivity contribution in [3.8, 4) is 0 Å². The van der Waals surface area contributed by atoms with Crippen LogP contribution < -0.4 is 11.1 Å². The van der Waals surface area contributed by atoms with Crippen LogP contribution in [0.3, 0.4) is 0 Å². The molecular weight excluding hydrogens is 264 g/mol. The first-order valence-corrected chi connectivity index (χ1v) is 8.40. The van der Waals surface area contributed by atoms with Crippen molar-refractivity contribution in [3.63, 3.8) is 0 Å². The molecule has 1 rings (SSSR count). The molecule has 0 bridgehead atoms. The van der Waals surface area contributed by atoms with E-state index in [4.69, 9.17) is 10.9 Å². The molecule has 1 atom stereocenters. The van der Waals surface area contributed by atoms with Crippen LogP contribution in [0.4, 0.5) is 0 Å². The third-order valence-corrected chi connectivity index (χ3v) is 4.70. The molecule has 21 heavy (non-hydrogen) atoms. The standard InChI is InChI=1S/C16H34N4O/c1-14-8-4-5-12-20(14)13-7-11-18-10-6-9-16(2,3)15(17)19-21/h14,18,21H,4-13H2,1-3H3,(H2,17,19). The summed E-state index contributed by atoms with van der Waals surface area (Å²) in [6.07, 6.45) is 7.30. The van der Waals surface area contributed by atoms with Crippen molar-refractivity contribution in [2.75, 3.05) is 26.2 Å². The SMILES string of the molecule is CC1CCCCN1CCCNCCCC(C)(C)C(N)=NO. The van der Waals surface area contributed by atoms with Crippen molar-refractivity contribution in [2.45, 2.75) is 65.3 Å². The molecule has 1 fully saturated rings. The molecule has 0 amide bonds. The second-order valence-electron chi connectivity index (χ2n) is 6.96. The number of nitrogens with one attached hydrogen (secondary N) is 1. The summed E-state index contributed by atoms with van der Waals surface area (Å²) in [5, 5.41) is 15.3. The number of likely N-dealkylation sites (tertiary alicyclic amines) is 1. The Morgan fingerprint density at radius 2 is 2.05 bits per heavy atom. The molecule has 0 radical (unpaired) electrons. The Morgan fingerprint density at radius 3 is 2.71 bits per heavy atom. The Kier molecular flexibility index (Phi) is 8.04. The van der Waals surface area contributed by atoms with Gasteiger partial charge in [-0.1, -0.05) is 25.4 Å². The van der Waals surface area contributed by atoms with Gasteiger partial charge < -0.3 is 21.2 Å². The molecule has 0 spiro atoms. The molecule has 5 heteroatoms. The third-order valence-electron chi connectivity index (χ3n) is 4.70. The average molecular weight is 298 g/mol. The maximum atomic E-state index is 8.73. The summed E-state index contributed by atoms with van der Waals surface area (Å²) in [4.78, 5) is 2.62. The highest BCUT2D eigenvalue weighted by atomic mass is 16.4. The zero-order valence-electron chi connectivity index (χ0n) is 14.1. The minimum absolute atomic E-state index is 0.223. The zero-order chi connectivity index (χ0) is 15.7. The van der Waals surface area contributed by atoms with Gasteiger partial charge in [0.05, 0.1) is 0 Å². The number of nitrogens with two attached hydrogens (primary N) is 1. The van der Waals surface area contributed by atoms with Crippen molar-refractivity contribution in [2.24, 2.45) is 16.3 Å². The van der Waals surface area contributed by atoms with Gasteiger partial charge in [-0.05, 0) is 65.2 Å². The van der Waals surface area contributed by atoms with E-state index in [0.29, 0.717) is 5.84 Å². The van der Waals surface area contributed by atoms with Gasteiger partial charge in [0.15, 0.2) is 0 Å². The highest BCUT2D eigenvalue weighted by molar-refractivity contribution is 5.85. The van der Waals surface area contributed by atoms with Gasteiger partial charge in [-0.25, -0.2) is 0 Å². The molecule has 4 N–H and O–H groups in total. The molecule has 1 aliphatic heterocycles. The summed E-state index contributed by atoms with van der Waals surface area (Å²) in [5.74, 6) is 0.321. The van der Waals surface area contributed by atoms with Gasteiger partial charge >= 0.3 is 0 Å². The van der Waals surface area contributed by atoms with Gasteiger partial charge in [0, 0.05) is 11.5 Å². The van der Waals surface area contributed by atoms with E-state index in [1.165, 1.54) is 38.8 Å². The lowest BCUT2D eigenvalue weighted by atomic mass is 9.86. The second-order valence-corrected chi connectivity index (χ2v) is 6.96. The number of hydrogen-bond acceptors (Lipinski definition) is 4. The molecule has 1 aliphatic rings. The summed E-state index contributed by atoms with van der Waals surface area (Å²) in [5.41, 5.74) is 5.46. The lowest BCUT2D eigenvalue weighted by Crippen LogP contribution is -2.39. The first-order chi connectivity index (χ1) is 9.97. The number of amidine groups is 1. The topological polar surface area (TPSA) is 73.9 Å². The maximum Gasteiger partial charge on any atom is 0.144 e. The number of hydrogen-bond donors (Lipinski definition) is 3. The van der Waals surface area contributed by atoms with E-state index < -0.39 is 0 Å². The Labute approximate surface area is 130 Å². The monoisotopic (exact) mass is 298 g/mol. The van der Waals surface area contributed by atoms with E-state index in [2.05, 4.69) is 22.3 Å². The van der Waals surface area contributed by atoms with Gasteiger partial charge in [0.25, 0.3) is 0 Å². The molecular formula is C16H34N4O. The molecule has 1 saturated heterocycles. The fraction of sp³-hybridized carbons (Fsp3) is 0.938. The van der Waals surface area contributed by atoms with Gasteiger partial charge in [-0.15, -0.1) is 0 Å². The van der Waals surface area contributed by atoms with E-state index in [1.807, 2.05) is 13.8 Å². The minimum Gasteiger partial charge on any atom is -0.409 e. The maximum absolute atomic E-state index is 8.73. The lowest BCUT2D eigenvalue weighted by molar-refractivity contribution is 0.159. The fourth-order valence-electron chi connectivity index (χ4n) is 2.94. The van der Waals surface area contributed by atoms with Gasteiger partial charge in [-0.3, -0.25) is 0 Å². The zero-order valence-corrected chi connectivity index (χ0v) is 14.1. The molecule has 0 aliphatic carbocycles. The molecule has 124 valence electrons.